The molecule has 0 aliphatic heterocycles. The van der Waals surface area contributed by atoms with E-state index in [1.54, 1.807) is 0 Å². The topological polar surface area (TPSA) is 71.8 Å². The number of primary amides is 1. The number of aromatic nitrogens is 2. The summed E-state index contributed by atoms with van der Waals surface area (Å²) in [6.45, 7) is 0. The number of aromatic amines is 1. The number of imidazole rings is 1. The van der Waals surface area contributed by atoms with Crippen LogP contribution in [0.25, 0.3) is 33.5 Å². The van der Waals surface area contributed by atoms with Crippen LogP contribution in [0.2, 0.25) is 0 Å². The average Bonchev–Trinajstić information content (AvgIpc) is 3.29. The summed E-state index contributed by atoms with van der Waals surface area (Å²) < 4.78 is 58.3. The van der Waals surface area contributed by atoms with Crippen LogP contribution in [0.15, 0.2) is 35.0 Å². The third-order valence-corrected chi connectivity index (χ3v) is 4.77. The number of hydrogen-bond donors (Lipinski definition) is 2. The maximum atomic E-state index is 14.6. The number of benzene rings is 2. The number of rotatable bonds is 3. The maximum Gasteiger partial charge on any atom is 0.250 e. The Balaban J connectivity index is 1.99. The Morgan fingerprint density at radius 1 is 1.00 bits per heavy atom. The van der Waals surface area contributed by atoms with Crippen molar-refractivity contribution in [1.29, 1.82) is 0 Å². The molecule has 0 saturated carbocycles. The van der Waals surface area contributed by atoms with Crippen LogP contribution in [0.5, 0.6) is 0 Å². The molecular formula is C18H9F4N3OS. The zero-order chi connectivity index (χ0) is 19.3. The minimum atomic E-state index is -1.59. The maximum absolute atomic E-state index is 14.6. The highest BCUT2D eigenvalue weighted by Gasteiger charge is 2.29. The number of nitrogens with one attached hydrogen (secondary N) is 1. The Hall–Kier alpha value is -3.20. The van der Waals surface area contributed by atoms with Gasteiger partial charge in [-0.1, -0.05) is 6.07 Å². The van der Waals surface area contributed by atoms with Gasteiger partial charge >= 0.3 is 0 Å². The van der Waals surface area contributed by atoms with Crippen molar-refractivity contribution >= 4 is 28.3 Å². The highest BCUT2D eigenvalue weighted by atomic mass is 32.1. The summed E-state index contributed by atoms with van der Waals surface area (Å²) in [7, 11) is 0. The number of nitrogens with two attached hydrogens (primary N) is 1. The molecule has 4 rings (SSSR count). The molecule has 0 bridgehead atoms. The molecule has 0 aliphatic rings. The molecule has 2 heterocycles. The average molecular weight is 391 g/mol. The van der Waals surface area contributed by atoms with Crippen LogP contribution >= 0.6 is 11.3 Å². The van der Waals surface area contributed by atoms with Crippen molar-refractivity contribution in [3.8, 4) is 22.5 Å². The predicted octanol–water partition coefficient (Wildman–Crippen LogP) is 4.61. The Bertz CT molecular complexity index is 1170. The van der Waals surface area contributed by atoms with E-state index in [9.17, 15) is 22.4 Å². The molecular weight excluding hydrogens is 382 g/mol. The first kappa shape index (κ1) is 17.2. The van der Waals surface area contributed by atoms with E-state index in [1.807, 2.05) is 0 Å². The fourth-order valence-corrected chi connectivity index (χ4v) is 3.50. The molecule has 27 heavy (non-hydrogen) atoms. The van der Waals surface area contributed by atoms with Crippen molar-refractivity contribution in [3.63, 3.8) is 0 Å². The van der Waals surface area contributed by atoms with Crippen LogP contribution in [-0.4, -0.2) is 15.9 Å². The molecule has 3 N–H and O–H groups in total. The lowest BCUT2D eigenvalue weighted by Gasteiger charge is -2.09. The third kappa shape index (κ3) is 2.58. The predicted molar refractivity (Wildman–Crippen MR) is 93.2 cm³/mol. The van der Waals surface area contributed by atoms with Crippen molar-refractivity contribution in [2.24, 2.45) is 5.73 Å². The van der Waals surface area contributed by atoms with E-state index in [2.05, 4.69) is 9.97 Å². The largest absolute Gasteiger partial charge is 0.366 e. The van der Waals surface area contributed by atoms with E-state index >= 15 is 0 Å². The molecule has 0 saturated heterocycles. The van der Waals surface area contributed by atoms with Crippen LogP contribution in [0.1, 0.15) is 10.4 Å². The summed E-state index contributed by atoms with van der Waals surface area (Å²) in [6.07, 6.45) is 0. The van der Waals surface area contributed by atoms with Gasteiger partial charge < -0.3 is 10.7 Å². The first-order chi connectivity index (χ1) is 12.9. The van der Waals surface area contributed by atoms with E-state index in [4.69, 9.17) is 5.73 Å². The van der Waals surface area contributed by atoms with Gasteiger partial charge in [0.2, 0.25) is 0 Å². The second-order valence-electron chi connectivity index (χ2n) is 5.67. The van der Waals surface area contributed by atoms with Gasteiger partial charge in [-0.2, -0.15) is 11.3 Å². The summed E-state index contributed by atoms with van der Waals surface area (Å²) in [5.74, 6) is -7.49. The second-order valence-corrected chi connectivity index (χ2v) is 6.45. The van der Waals surface area contributed by atoms with E-state index in [0.29, 0.717) is 0 Å². The van der Waals surface area contributed by atoms with E-state index in [0.717, 1.165) is 11.3 Å². The van der Waals surface area contributed by atoms with Gasteiger partial charge in [-0.05, 0) is 34.5 Å². The van der Waals surface area contributed by atoms with Crippen molar-refractivity contribution in [2.75, 3.05) is 0 Å². The van der Waals surface area contributed by atoms with Gasteiger partial charge in [-0.15, -0.1) is 0 Å². The molecule has 4 nitrogen and oxygen atoms in total. The Kier molecular flexibility index (Phi) is 3.96. The minimum absolute atomic E-state index is 0.00616. The number of nitrogens with zero attached hydrogens (tertiary/aromatic N) is 1. The molecule has 2 aromatic heterocycles. The van der Waals surface area contributed by atoms with Gasteiger partial charge in [0, 0.05) is 0 Å². The fourth-order valence-electron chi connectivity index (χ4n) is 2.85. The Labute approximate surface area is 153 Å². The third-order valence-electron chi connectivity index (χ3n) is 4.09. The van der Waals surface area contributed by atoms with Crippen molar-refractivity contribution in [3.05, 3.63) is 63.9 Å². The monoisotopic (exact) mass is 391 g/mol. The molecule has 0 atom stereocenters. The quantitative estimate of drug-likeness (QED) is 0.395. The van der Waals surface area contributed by atoms with E-state index in [1.165, 1.54) is 35.0 Å². The first-order valence-corrected chi connectivity index (χ1v) is 8.51. The zero-order valence-corrected chi connectivity index (χ0v) is 14.1. The number of fused-ring (bicyclic) bond motifs is 1. The standard InChI is InChI=1S/C18H9F4N3OS/c19-12-10(7-4-5-27-6-7)13(20)15(22)11(14(12)21)18-24-9-3-1-2-8(17(23)26)16(9)25-18/h1-6H,(H2,23,26)(H,24,25). The fraction of sp³-hybridized carbons (Fsp3) is 0. The zero-order valence-electron chi connectivity index (χ0n) is 13.3. The smallest absolute Gasteiger partial charge is 0.250 e. The highest BCUT2D eigenvalue weighted by molar-refractivity contribution is 7.08. The van der Waals surface area contributed by atoms with Gasteiger partial charge in [0.25, 0.3) is 5.91 Å². The van der Waals surface area contributed by atoms with Gasteiger partial charge in [0.1, 0.15) is 11.3 Å². The van der Waals surface area contributed by atoms with Crippen LogP contribution in [0.4, 0.5) is 17.6 Å². The van der Waals surface area contributed by atoms with Crippen molar-refractivity contribution in [1.82, 2.24) is 9.97 Å². The molecule has 0 unspecified atom stereocenters. The highest BCUT2D eigenvalue weighted by Crippen LogP contribution is 2.37. The molecule has 0 spiro atoms. The van der Waals surface area contributed by atoms with Crippen molar-refractivity contribution in [2.45, 2.75) is 0 Å². The van der Waals surface area contributed by atoms with Crippen molar-refractivity contribution < 1.29 is 22.4 Å². The normalized spacial score (nSPS) is 11.3. The number of H-pyrrole nitrogens is 1. The summed E-state index contributed by atoms with van der Waals surface area (Å²) in [5, 5.41) is 2.91. The first-order valence-electron chi connectivity index (χ1n) is 7.57. The molecule has 1 amide bonds. The van der Waals surface area contributed by atoms with E-state index < -0.39 is 46.1 Å². The Morgan fingerprint density at radius 2 is 1.67 bits per heavy atom. The van der Waals surface area contributed by atoms with Gasteiger partial charge in [-0.25, -0.2) is 22.5 Å². The number of amides is 1. The van der Waals surface area contributed by atoms with E-state index in [-0.39, 0.29) is 22.2 Å². The molecule has 4 aromatic rings. The Morgan fingerprint density at radius 3 is 2.26 bits per heavy atom. The van der Waals surface area contributed by atoms with Crippen LogP contribution in [0, 0.1) is 23.3 Å². The lowest BCUT2D eigenvalue weighted by Crippen LogP contribution is -2.11. The second kappa shape index (κ2) is 6.20. The molecule has 2 aromatic carbocycles. The summed E-state index contributed by atoms with van der Waals surface area (Å²) in [5.41, 5.74) is 3.79. The van der Waals surface area contributed by atoms with Gasteiger partial charge in [0.15, 0.2) is 23.3 Å². The minimum Gasteiger partial charge on any atom is -0.366 e. The summed E-state index contributed by atoms with van der Waals surface area (Å²) in [4.78, 5) is 18.0. The number of carbonyl (C=O) groups excluding carboxylic acids is 1. The van der Waals surface area contributed by atoms with Gasteiger partial charge in [-0.3, -0.25) is 4.79 Å². The van der Waals surface area contributed by atoms with Crippen LogP contribution in [0.3, 0.4) is 0 Å². The molecule has 9 heteroatoms. The molecule has 0 aliphatic carbocycles. The SMILES string of the molecule is NC(=O)c1cccc2[nH]c(-c3c(F)c(F)c(-c4ccsc4)c(F)c3F)nc12. The number of para-hydroxylation sites is 1. The molecule has 136 valence electrons. The number of thiophene rings is 1. The van der Waals surface area contributed by atoms with Crippen LogP contribution < -0.4 is 5.73 Å². The number of carbonyl (C=O) groups is 1. The summed E-state index contributed by atoms with van der Waals surface area (Å²) in [6, 6.07) is 5.70. The lowest BCUT2D eigenvalue weighted by molar-refractivity contribution is 0.100. The number of halogens is 4. The lowest BCUT2D eigenvalue weighted by atomic mass is 10.0. The summed E-state index contributed by atoms with van der Waals surface area (Å²) >= 11 is 1.13. The number of hydrogen-bond acceptors (Lipinski definition) is 3. The van der Waals surface area contributed by atoms with Gasteiger partial charge in [0.05, 0.1) is 22.2 Å². The molecule has 0 fully saturated rings. The molecule has 0 radical (unpaired) electrons. The van der Waals surface area contributed by atoms with Crippen LogP contribution in [-0.2, 0) is 0 Å².